The van der Waals surface area contributed by atoms with E-state index in [9.17, 15) is 17.9 Å². The molecule has 0 aliphatic rings. The predicted molar refractivity (Wildman–Crippen MR) is 74.3 cm³/mol. The largest absolute Gasteiger partial charge is 0.392 e. The van der Waals surface area contributed by atoms with Gasteiger partial charge in [-0.15, -0.1) is 0 Å². The maximum Gasteiger partial charge on any atom is 0.262 e. The van der Waals surface area contributed by atoms with Crippen molar-refractivity contribution in [3.63, 3.8) is 0 Å². The molecule has 4 nitrogen and oxygen atoms in total. The summed E-state index contributed by atoms with van der Waals surface area (Å²) in [6.07, 6.45) is 0. The van der Waals surface area contributed by atoms with Crippen LogP contribution in [0.4, 0.5) is 10.1 Å². The molecule has 2 rings (SSSR count). The molecule has 0 heterocycles. The minimum Gasteiger partial charge on any atom is -0.392 e. The van der Waals surface area contributed by atoms with Crippen LogP contribution >= 0.6 is 0 Å². The molecule has 6 heteroatoms. The molecule has 0 fully saturated rings. The van der Waals surface area contributed by atoms with Crippen LogP contribution in [0.1, 0.15) is 11.1 Å². The summed E-state index contributed by atoms with van der Waals surface area (Å²) >= 11 is 0. The Kier molecular flexibility index (Phi) is 4.06. The van der Waals surface area contributed by atoms with Crippen molar-refractivity contribution in [2.24, 2.45) is 0 Å². The van der Waals surface area contributed by atoms with Crippen molar-refractivity contribution in [3.8, 4) is 0 Å². The molecule has 0 aliphatic heterocycles. The second-order valence-electron chi connectivity index (χ2n) is 4.33. The van der Waals surface area contributed by atoms with E-state index in [1.165, 1.54) is 30.3 Å². The lowest BCUT2D eigenvalue weighted by Crippen LogP contribution is -2.15. The van der Waals surface area contributed by atoms with Gasteiger partial charge in [-0.25, -0.2) is 12.8 Å². The summed E-state index contributed by atoms with van der Waals surface area (Å²) in [5, 5.41) is 9.20. The van der Waals surface area contributed by atoms with E-state index >= 15 is 0 Å². The van der Waals surface area contributed by atoms with E-state index in [1.807, 2.05) is 0 Å². The van der Waals surface area contributed by atoms with Crippen molar-refractivity contribution in [2.45, 2.75) is 18.4 Å². The van der Waals surface area contributed by atoms with Gasteiger partial charge in [-0.3, -0.25) is 4.72 Å². The molecule has 2 N–H and O–H groups in total. The van der Waals surface area contributed by atoms with Crippen molar-refractivity contribution in [1.29, 1.82) is 0 Å². The summed E-state index contributed by atoms with van der Waals surface area (Å²) in [6, 6.07) is 9.96. The van der Waals surface area contributed by atoms with Crippen molar-refractivity contribution in [1.82, 2.24) is 0 Å². The van der Waals surface area contributed by atoms with Gasteiger partial charge in [0, 0.05) is 0 Å². The van der Waals surface area contributed by atoms with Crippen LogP contribution in [-0.2, 0) is 16.6 Å². The molecule has 0 bridgehead atoms. The third-order valence-electron chi connectivity index (χ3n) is 2.87. The summed E-state index contributed by atoms with van der Waals surface area (Å²) in [6.45, 7) is 1.23. The number of aryl methyl sites for hydroxylation is 1. The molecule has 2 aromatic rings. The number of anilines is 1. The molecule has 0 unspecified atom stereocenters. The number of aliphatic hydroxyl groups excluding tert-OH is 1. The normalized spacial score (nSPS) is 11.3. The highest BCUT2D eigenvalue weighted by molar-refractivity contribution is 7.92. The highest BCUT2D eigenvalue weighted by Crippen LogP contribution is 2.22. The standard InChI is InChI=1S/C14H14FNO3S/c1-10-8-12(15)6-7-13(10)16-20(18,19)14-5-3-2-4-11(14)9-17/h2-8,16-17H,9H2,1H3. The topological polar surface area (TPSA) is 66.4 Å². The van der Waals surface area contributed by atoms with Gasteiger partial charge in [-0.1, -0.05) is 18.2 Å². The van der Waals surface area contributed by atoms with Crippen LogP contribution < -0.4 is 4.72 Å². The van der Waals surface area contributed by atoms with Crippen LogP contribution in [0.25, 0.3) is 0 Å². The van der Waals surface area contributed by atoms with Gasteiger partial charge >= 0.3 is 0 Å². The monoisotopic (exact) mass is 295 g/mol. The zero-order chi connectivity index (χ0) is 14.8. The van der Waals surface area contributed by atoms with Gasteiger partial charge < -0.3 is 5.11 Å². The van der Waals surface area contributed by atoms with Crippen LogP contribution in [0.2, 0.25) is 0 Å². The Hall–Kier alpha value is -1.92. The summed E-state index contributed by atoms with van der Waals surface area (Å²) in [4.78, 5) is 0.00576. The number of benzene rings is 2. The molecule has 0 radical (unpaired) electrons. The number of halogens is 1. The Labute approximate surface area is 116 Å². The first-order valence-corrected chi connectivity index (χ1v) is 7.40. The summed E-state index contributed by atoms with van der Waals surface area (Å²) in [7, 11) is -3.82. The second kappa shape index (κ2) is 5.60. The van der Waals surface area contributed by atoms with E-state index < -0.39 is 15.8 Å². The zero-order valence-electron chi connectivity index (χ0n) is 10.8. The Bertz CT molecular complexity index is 729. The van der Waals surface area contributed by atoms with Gasteiger partial charge in [-0.05, 0) is 42.3 Å². The Morgan fingerprint density at radius 3 is 2.55 bits per heavy atom. The summed E-state index contributed by atoms with van der Waals surface area (Å²) < 4.78 is 40.0. The van der Waals surface area contributed by atoms with E-state index in [2.05, 4.69) is 4.72 Å². The van der Waals surface area contributed by atoms with Crippen molar-refractivity contribution in [3.05, 3.63) is 59.4 Å². The lowest BCUT2D eigenvalue weighted by atomic mass is 10.2. The fraction of sp³-hybridized carbons (Fsp3) is 0.143. The van der Waals surface area contributed by atoms with Crippen LogP contribution in [0.5, 0.6) is 0 Å². The highest BCUT2D eigenvalue weighted by Gasteiger charge is 2.18. The summed E-state index contributed by atoms with van der Waals surface area (Å²) in [5.74, 6) is -0.429. The maximum atomic E-state index is 13.0. The Morgan fingerprint density at radius 1 is 1.20 bits per heavy atom. The number of hydrogen-bond donors (Lipinski definition) is 2. The fourth-order valence-corrected chi connectivity index (χ4v) is 3.20. The second-order valence-corrected chi connectivity index (χ2v) is 5.98. The molecule has 106 valence electrons. The van der Waals surface area contributed by atoms with Crippen molar-refractivity contribution < 1.29 is 17.9 Å². The van der Waals surface area contributed by atoms with E-state index in [0.29, 0.717) is 16.8 Å². The first-order valence-electron chi connectivity index (χ1n) is 5.92. The van der Waals surface area contributed by atoms with E-state index in [4.69, 9.17) is 0 Å². The average Bonchev–Trinajstić information content (AvgIpc) is 2.42. The molecular formula is C14H14FNO3S. The van der Waals surface area contributed by atoms with Gasteiger partial charge in [0.1, 0.15) is 5.82 Å². The van der Waals surface area contributed by atoms with Crippen LogP contribution in [0.3, 0.4) is 0 Å². The average molecular weight is 295 g/mol. The summed E-state index contributed by atoms with van der Waals surface area (Å²) in [5.41, 5.74) is 1.09. The number of sulfonamides is 1. The van der Waals surface area contributed by atoms with E-state index in [0.717, 1.165) is 0 Å². The molecule has 0 saturated heterocycles. The molecule has 0 atom stereocenters. The SMILES string of the molecule is Cc1cc(F)ccc1NS(=O)(=O)c1ccccc1CO. The molecule has 20 heavy (non-hydrogen) atoms. The minimum atomic E-state index is -3.82. The molecule has 0 saturated carbocycles. The highest BCUT2D eigenvalue weighted by atomic mass is 32.2. The molecule has 0 aliphatic carbocycles. The van der Waals surface area contributed by atoms with E-state index in [-0.39, 0.29) is 11.5 Å². The molecule has 0 amide bonds. The first kappa shape index (κ1) is 14.5. The van der Waals surface area contributed by atoms with Crippen molar-refractivity contribution >= 4 is 15.7 Å². The van der Waals surface area contributed by atoms with Crippen LogP contribution in [-0.4, -0.2) is 13.5 Å². The number of rotatable bonds is 4. The lowest BCUT2D eigenvalue weighted by molar-refractivity contribution is 0.278. The van der Waals surface area contributed by atoms with Gasteiger partial charge in [0.05, 0.1) is 17.2 Å². The van der Waals surface area contributed by atoms with Gasteiger partial charge in [-0.2, -0.15) is 0 Å². The molecular weight excluding hydrogens is 281 g/mol. The smallest absolute Gasteiger partial charge is 0.262 e. The fourth-order valence-electron chi connectivity index (χ4n) is 1.84. The van der Waals surface area contributed by atoms with Gasteiger partial charge in [0.15, 0.2) is 0 Å². The Balaban J connectivity index is 2.41. The number of aliphatic hydroxyl groups is 1. The maximum absolute atomic E-state index is 13.0. The minimum absolute atomic E-state index is 0.00576. The van der Waals surface area contributed by atoms with Gasteiger partial charge in [0.25, 0.3) is 10.0 Å². The van der Waals surface area contributed by atoms with Crippen LogP contribution in [0.15, 0.2) is 47.4 Å². The molecule has 2 aromatic carbocycles. The Morgan fingerprint density at radius 2 is 1.90 bits per heavy atom. The quantitative estimate of drug-likeness (QED) is 0.910. The van der Waals surface area contributed by atoms with Gasteiger partial charge in [0.2, 0.25) is 0 Å². The molecule has 0 spiro atoms. The number of nitrogens with one attached hydrogen (secondary N) is 1. The van der Waals surface area contributed by atoms with E-state index in [1.54, 1.807) is 19.1 Å². The zero-order valence-corrected chi connectivity index (χ0v) is 11.6. The predicted octanol–water partition coefficient (Wildman–Crippen LogP) is 2.43. The molecule has 0 aromatic heterocycles. The van der Waals surface area contributed by atoms with Crippen molar-refractivity contribution in [2.75, 3.05) is 4.72 Å². The first-order chi connectivity index (χ1) is 9.44. The lowest BCUT2D eigenvalue weighted by Gasteiger charge is -2.12. The third-order valence-corrected chi connectivity index (χ3v) is 4.33. The number of hydrogen-bond acceptors (Lipinski definition) is 3. The third kappa shape index (κ3) is 2.97. The van der Waals surface area contributed by atoms with Crippen LogP contribution in [0, 0.1) is 12.7 Å².